The Morgan fingerprint density at radius 3 is 2.58 bits per heavy atom. The molecule has 4 heterocycles. The van der Waals surface area contributed by atoms with Crippen molar-refractivity contribution < 1.29 is 29.0 Å². The highest BCUT2D eigenvalue weighted by Gasteiger charge is 2.26. The molecule has 1 fully saturated rings. The number of anilines is 2. The topological polar surface area (TPSA) is 223 Å². The normalized spacial score (nSPS) is 18.3. The van der Waals surface area contributed by atoms with Crippen molar-refractivity contribution in [3.05, 3.63) is 81.8 Å². The van der Waals surface area contributed by atoms with E-state index < -0.39 is 41.1 Å². The van der Waals surface area contributed by atoms with Gasteiger partial charge in [-0.1, -0.05) is 12.1 Å². The lowest BCUT2D eigenvalue weighted by molar-refractivity contribution is -0.129. The lowest BCUT2D eigenvalue weighted by Crippen LogP contribution is -2.52. The number of phenols is 1. The summed E-state index contributed by atoms with van der Waals surface area (Å²) < 4.78 is 7.88. The number of carbonyl (C=O) groups excluding carboxylic acids is 4. The van der Waals surface area contributed by atoms with Crippen molar-refractivity contribution in [2.45, 2.75) is 57.7 Å². The molecule has 4 amide bonds. The summed E-state index contributed by atoms with van der Waals surface area (Å²) in [5.41, 5.74) is 6.59. The highest BCUT2D eigenvalue weighted by molar-refractivity contribution is 6.06. The van der Waals surface area contributed by atoms with Crippen molar-refractivity contribution in [1.82, 2.24) is 30.5 Å². The summed E-state index contributed by atoms with van der Waals surface area (Å²) in [6, 6.07) is 9.45. The summed E-state index contributed by atoms with van der Waals surface area (Å²) >= 11 is 0. The van der Waals surface area contributed by atoms with Crippen LogP contribution >= 0.6 is 0 Å². The third kappa shape index (κ3) is 8.72. The van der Waals surface area contributed by atoms with Crippen molar-refractivity contribution in [1.29, 1.82) is 0 Å². The molecule has 2 aromatic heterocycles. The van der Waals surface area contributed by atoms with Crippen LogP contribution in [0.1, 0.15) is 58.9 Å². The number of nitrogens with zero attached hydrogens (tertiary/aromatic N) is 4. The van der Waals surface area contributed by atoms with Gasteiger partial charge in [-0.05, 0) is 75.0 Å². The van der Waals surface area contributed by atoms with Crippen molar-refractivity contribution in [2.75, 3.05) is 43.0 Å². The van der Waals surface area contributed by atoms with E-state index in [1.54, 1.807) is 16.7 Å². The van der Waals surface area contributed by atoms with Gasteiger partial charge in [0.2, 0.25) is 23.2 Å². The van der Waals surface area contributed by atoms with Gasteiger partial charge in [-0.15, -0.1) is 0 Å². The fraction of sp³-hybridized carbons (Fsp3) is 0.378. The molecular weight excluding hydrogens is 682 g/mol. The van der Waals surface area contributed by atoms with Crippen LogP contribution in [0.4, 0.5) is 11.6 Å². The molecule has 16 nitrogen and oxygen atoms in total. The van der Waals surface area contributed by atoms with Gasteiger partial charge in [0.1, 0.15) is 35.4 Å². The van der Waals surface area contributed by atoms with Crippen LogP contribution in [0, 0.1) is 0 Å². The number of pyridine rings is 1. The van der Waals surface area contributed by atoms with Crippen molar-refractivity contribution >= 4 is 46.3 Å². The SMILES string of the molecule is CCn1cc(C(=O)Nc2ccc3c(c2)C(=O)NCCC(=O)N[C@@H](CCN)C(=O)N[C@@H](Cc2ccc(O)cc2)CO3)c(=O)c2cnc(N3CCCC3)nc21. The van der Waals surface area contributed by atoms with E-state index in [9.17, 15) is 29.1 Å². The summed E-state index contributed by atoms with van der Waals surface area (Å²) in [5, 5.41) is 21.0. The highest BCUT2D eigenvalue weighted by atomic mass is 16.5. The fourth-order valence-corrected chi connectivity index (χ4v) is 6.39. The Morgan fingerprint density at radius 2 is 1.85 bits per heavy atom. The number of amides is 4. The van der Waals surface area contributed by atoms with Gasteiger partial charge >= 0.3 is 0 Å². The number of hydrogen-bond acceptors (Lipinski definition) is 11. The smallest absolute Gasteiger partial charge is 0.261 e. The van der Waals surface area contributed by atoms with Gasteiger partial charge in [-0.2, -0.15) is 4.98 Å². The van der Waals surface area contributed by atoms with E-state index in [1.165, 1.54) is 42.7 Å². The lowest BCUT2D eigenvalue weighted by Gasteiger charge is -2.25. The molecule has 53 heavy (non-hydrogen) atoms. The maximum atomic E-state index is 13.6. The Balaban J connectivity index is 1.27. The molecule has 1 saturated heterocycles. The maximum Gasteiger partial charge on any atom is 0.261 e. The minimum absolute atomic E-state index is 0.0453. The second-order valence-corrected chi connectivity index (χ2v) is 13.0. The Morgan fingerprint density at radius 1 is 1.08 bits per heavy atom. The molecule has 16 heteroatoms. The number of rotatable bonds is 8. The number of benzene rings is 2. The van der Waals surface area contributed by atoms with Gasteiger partial charge in [0.05, 0.1) is 17.0 Å². The standard InChI is InChI=1S/C37H43N9O7/c1-2-45-20-28(32(49)27-19-40-37(44-33(27)45)46-15-3-4-16-46)35(51)41-23-7-10-30-26(18-23)34(50)39-14-12-31(48)43-29(11-13-38)36(52)42-24(21-53-30)17-22-5-8-25(47)9-6-22/h5-10,18-20,24,29,47H,2-4,11-17,21,38H2,1H3,(H,39,50)(H,41,51)(H,42,52)(H,43,48)/t24-,29-/m0/s1. The van der Waals surface area contributed by atoms with Gasteiger partial charge in [-0.25, -0.2) is 4.98 Å². The Hall–Kier alpha value is -6.03. The first kappa shape index (κ1) is 36.8. The van der Waals surface area contributed by atoms with Crippen LogP contribution in [0.3, 0.4) is 0 Å². The second kappa shape index (κ2) is 16.5. The zero-order chi connectivity index (χ0) is 37.5. The van der Waals surface area contributed by atoms with Gasteiger partial charge in [0.15, 0.2) is 0 Å². The van der Waals surface area contributed by atoms with Crippen LogP contribution in [-0.2, 0) is 22.6 Å². The minimum Gasteiger partial charge on any atom is -0.508 e. The van der Waals surface area contributed by atoms with E-state index in [0.717, 1.165) is 31.5 Å². The summed E-state index contributed by atoms with van der Waals surface area (Å²) in [5.74, 6) is -1.35. The molecule has 7 N–H and O–H groups in total. The molecule has 6 rings (SSSR count). The number of aromatic nitrogens is 3. The fourth-order valence-electron chi connectivity index (χ4n) is 6.39. The Bertz CT molecular complexity index is 2060. The van der Waals surface area contributed by atoms with Crippen molar-refractivity contribution in [3.63, 3.8) is 0 Å². The van der Waals surface area contributed by atoms with Crippen molar-refractivity contribution in [3.8, 4) is 11.5 Å². The molecule has 0 spiro atoms. The zero-order valence-corrected chi connectivity index (χ0v) is 29.4. The number of phenolic OH excluding ortho intramolecular Hbond substituents is 1. The number of aryl methyl sites for hydroxylation is 1. The van der Waals surface area contributed by atoms with E-state index in [2.05, 4.69) is 36.1 Å². The molecule has 2 aliphatic heterocycles. The molecule has 0 bridgehead atoms. The minimum atomic E-state index is -0.893. The zero-order valence-electron chi connectivity index (χ0n) is 29.4. The van der Waals surface area contributed by atoms with Gasteiger partial charge < -0.3 is 46.3 Å². The van der Waals surface area contributed by atoms with Gasteiger partial charge in [0, 0.05) is 50.7 Å². The molecule has 2 atom stereocenters. The first-order valence-electron chi connectivity index (χ1n) is 17.7. The van der Waals surface area contributed by atoms with Crippen LogP contribution in [0.25, 0.3) is 11.0 Å². The molecule has 2 aliphatic rings. The molecular formula is C37H43N9O7. The van der Waals surface area contributed by atoms with E-state index >= 15 is 0 Å². The number of fused-ring (bicyclic) bond motifs is 2. The van der Waals surface area contributed by atoms with Gasteiger partial charge in [0.25, 0.3) is 11.8 Å². The van der Waals surface area contributed by atoms with Crippen LogP contribution in [0.2, 0.25) is 0 Å². The van der Waals surface area contributed by atoms with E-state index in [4.69, 9.17) is 10.5 Å². The van der Waals surface area contributed by atoms with E-state index in [-0.39, 0.29) is 66.2 Å². The first-order chi connectivity index (χ1) is 25.6. The highest BCUT2D eigenvalue weighted by Crippen LogP contribution is 2.25. The third-order valence-electron chi connectivity index (χ3n) is 9.21. The number of nitrogens with one attached hydrogen (secondary N) is 4. The average molecular weight is 726 g/mol. The van der Waals surface area contributed by atoms with Crippen molar-refractivity contribution in [2.24, 2.45) is 5.73 Å². The molecule has 278 valence electrons. The average Bonchev–Trinajstić information content (AvgIpc) is 3.70. The molecule has 0 aliphatic carbocycles. The molecule has 2 aromatic carbocycles. The summed E-state index contributed by atoms with van der Waals surface area (Å²) in [6.07, 6.45) is 5.42. The summed E-state index contributed by atoms with van der Waals surface area (Å²) in [4.78, 5) is 77.9. The number of nitrogens with two attached hydrogens (primary N) is 1. The molecule has 0 radical (unpaired) electrons. The number of hydrogen-bond donors (Lipinski definition) is 6. The first-order valence-corrected chi connectivity index (χ1v) is 17.7. The summed E-state index contributed by atoms with van der Waals surface area (Å²) in [6.45, 7) is 4.06. The molecule has 4 aromatic rings. The monoisotopic (exact) mass is 725 g/mol. The lowest BCUT2D eigenvalue weighted by atomic mass is 10.0. The predicted molar refractivity (Wildman–Crippen MR) is 197 cm³/mol. The van der Waals surface area contributed by atoms with Crippen LogP contribution in [0.5, 0.6) is 11.5 Å². The predicted octanol–water partition coefficient (Wildman–Crippen LogP) is 1.44. The Kier molecular flexibility index (Phi) is 11.5. The van der Waals surface area contributed by atoms with Crippen LogP contribution in [-0.4, -0.2) is 88.1 Å². The maximum absolute atomic E-state index is 13.6. The van der Waals surface area contributed by atoms with E-state index in [0.29, 0.717) is 24.6 Å². The van der Waals surface area contributed by atoms with Crippen LogP contribution in [0.15, 0.2) is 59.7 Å². The number of ether oxygens (including phenoxy) is 1. The largest absolute Gasteiger partial charge is 0.508 e. The van der Waals surface area contributed by atoms with Crippen LogP contribution < -0.4 is 42.1 Å². The molecule has 0 unspecified atom stereocenters. The van der Waals surface area contributed by atoms with E-state index in [1.807, 2.05) is 6.92 Å². The molecule has 0 saturated carbocycles. The number of aromatic hydroxyl groups is 1. The second-order valence-electron chi connectivity index (χ2n) is 13.0. The summed E-state index contributed by atoms with van der Waals surface area (Å²) in [7, 11) is 0. The third-order valence-corrected chi connectivity index (χ3v) is 9.21. The number of carbonyl (C=O) groups is 4. The Labute approximate surface area is 305 Å². The van der Waals surface area contributed by atoms with Gasteiger partial charge in [-0.3, -0.25) is 24.0 Å². The quantitative estimate of drug-likeness (QED) is 0.153.